The molecule has 3 aliphatic rings. The molecule has 0 bridgehead atoms. The Morgan fingerprint density at radius 2 is 1.81 bits per heavy atom. The van der Waals surface area contributed by atoms with Crippen LogP contribution < -0.4 is 0 Å². The molecule has 0 spiro atoms. The maximum Gasteiger partial charge on any atom is 0.335 e. The molecule has 0 radical (unpaired) electrons. The van der Waals surface area contributed by atoms with E-state index >= 15 is 0 Å². The minimum absolute atomic E-state index is 0.0806. The Kier molecular flexibility index (Phi) is 5.78. The van der Waals surface area contributed by atoms with E-state index in [1.807, 2.05) is 0 Å². The van der Waals surface area contributed by atoms with Crippen LogP contribution in [0, 0.1) is 17.8 Å². The monoisotopic (exact) mass is 390 g/mol. The Morgan fingerprint density at radius 3 is 2.41 bits per heavy atom. The van der Waals surface area contributed by atoms with E-state index in [-0.39, 0.29) is 23.7 Å². The van der Waals surface area contributed by atoms with Gasteiger partial charge in [-0.15, -0.1) is 0 Å². The summed E-state index contributed by atoms with van der Waals surface area (Å²) >= 11 is 0. The van der Waals surface area contributed by atoms with E-state index in [9.17, 15) is 35.4 Å². The SMILES string of the molecule is CC1=C(C(=O)O)[C@H]2C[C@H](O)[C@H](C)[C@H]2[C@H](O[C@@H]2O[C@H](CO)[C@@H](O)[C@H](O)[C@H]2O)O1. The van der Waals surface area contributed by atoms with Crippen molar-refractivity contribution >= 4 is 5.97 Å². The number of aliphatic hydroxyl groups is 5. The molecule has 27 heavy (non-hydrogen) atoms. The lowest BCUT2D eigenvalue weighted by atomic mass is 9.82. The third-order valence-corrected chi connectivity index (χ3v) is 5.88. The number of allylic oxidation sites excluding steroid dienone is 1. The fourth-order valence-electron chi connectivity index (χ4n) is 4.32. The number of carboxylic acid groups (broad SMARTS) is 1. The van der Waals surface area contributed by atoms with Gasteiger partial charge in [0, 0.05) is 11.8 Å². The molecule has 1 saturated carbocycles. The number of rotatable bonds is 4. The molecule has 0 aromatic rings. The van der Waals surface area contributed by atoms with E-state index < -0.39 is 67.5 Å². The van der Waals surface area contributed by atoms with E-state index in [0.717, 1.165) is 0 Å². The third-order valence-electron chi connectivity index (χ3n) is 5.88. The zero-order valence-corrected chi connectivity index (χ0v) is 15.0. The second-order valence-electron chi connectivity index (χ2n) is 7.44. The molecule has 2 aliphatic heterocycles. The molecule has 0 amide bonds. The average Bonchev–Trinajstić information content (AvgIpc) is 2.89. The van der Waals surface area contributed by atoms with Crippen LogP contribution in [0.5, 0.6) is 0 Å². The smallest absolute Gasteiger partial charge is 0.335 e. The van der Waals surface area contributed by atoms with Crippen molar-refractivity contribution in [2.24, 2.45) is 17.8 Å². The van der Waals surface area contributed by atoms with E-state index in [2.05, 4.69) is 0 Å². The molecule has 6 N–H and O–H groups in total. The zero-order valence-electron chi connectivity index (χ0n) is 15.0. The van der Waals surface area contributed by atoms with Gasteiger partial charge in [0.05, 0.1) is 18.3 Å². The molecule has 1 aliphatic carbocycles. The van der Waals surface area contributed by atoms with Crippen molar-refractivity contribution in [1.29, 1.82) is 0 Å². The summed E-state index contributed by atoms with van der Waals surface area (Å²) in [6.45, 7) is 2.64. The summed E-state index contributed by atoms with van der Waals surface area (Å²) in [6, 6.07) is 0. The lowest BCUT2D eigenvalue weighted by molar-refractivity contribution is -0.344. The number of carbonyl (C=O) groups is 1. The van der Waals surface area contributed by atoms with Gasteiger partial charge in [0.25, 0.3) is 0 Å². The van der Waals surface area contributed by atoms with Crippen molar-refractivity contribution in [3.63, 3.8) is 0 Å². The summed E-state index contributed by atoms with van der Waals surface area (Å²) < 4.78 is 16.7. The van der Waals surface area contributed by atoms with Crippen LogP contribution >= 0.6 is 0 Å². The Labute approximate surface area is 155 Å². The minimum atomic E-state index is -1.60. The number of hydrogen-bond donors (Lipinski definition) is 6. The molecule has 10 heteroatoms. The number of ether oxygens (including phenoxy) is 3. The van der Waals surface area contributed by atoms with Gasteiger partial charge in [-0.1, -0.05) is 6.92 Å². The molecular weight excluding hydrogens is 364 g/mol. The van der Waals surface area contributed by atoms with Gasteiger partial charge in [-0.3, -0.25) is 0 Å². The van der Waals surface area contributed by atoms with Crippen LogP contribution in [-0.2, 0) is 19.0 Å². The molecule has 10 atom stereocenters. The number of aliphatic carboxylic acids is 1. The van der Waals surface area contributed by atoms with E-state index in [4.69, 9.17) is 14.2 Å². The van der Waals surface area contributed by atoms with Crippen LogP contribution in [0.4, 0.5) is 0 Å². The maximum absolute atomic E-state index is 11.6. The van der Waals surface area contributed by atoms with Gasteiger partial charge in [-0.2, -0.15) is 0 Å². The highest BCUT2D eigenvalue weighted by Crippen LogP contribution is 2.49. The molecule has 0 unspecified atom stereocenters. The quantitative estimate of drug-likeness (QED) is 0.321. The van der Waals surface area contributed by atoms with Gasteiger partial charge in [0.1, 0.15) is 30.2 Å². The number of hydrogen-bond acceptors (Lipinski definition) is 9. The topological polar surface area (TPSA) is 166 Å². The lowest BCUT2D eigenvalue weighted by Gasteiger charge is -2.43. The van der Waals surface area contributed by atoms with Crippen molar-refractivity contribution in [2.75, 3.05) is 6.61 Å². The van der Waals surface area contributed by atoms with Crippen LogP contribution in [0.15, 0.2) is 11.3 Å². The standard InChI is InChI=1S/C17H26O10/c1-5-8(19)3-7-10(5)16(25-6(2)11(7)15(23)24)27-17-14(22)13(21)12(20)9(4-18)26-17/h5,7-10,12-14,16-22H,3-4H2,1-2H3,(H,23,24)/t5-,7-,8-,9+,10+,12+,13-,14+,16-,17-/m0/s1. The Hall–Kier alpha value is -1.27. The first-order valence-electron chi connectivity index (χ1n) is 8.92. The molecule has 1 saturated heterocycles. The van der Waals surface area contributed by atoms with Crippen LogP contribution in [0.3, 0.4) is 0 Å². The van der Waals surface area contributed by atoms with Crippen molar-refractivity contribution < 1.29 is 49.6 Å². The third kappa shape index (κ3) is 3.46. The van der Waals surface area contributed by atoms with Crippen LogP contribution in [0.25, 0.3) is 0 Å². The van der Waals surface area contributed by atoms with Crippen LogP contribution in [-0.4, -0.2) is 86.3 Å². The Morgan fingerprint density at radius 1 is 1.15 bits per heavy atom. The highest BCUT2D eigenvalue weighted by atomic mass is 16.8. The minimum Gasteiger partial charge on any atom is -0.478 e. The summed E-state index contributed by atoms with van der Waals surface area (Å²) in [7, 11) is 0. The lowest BCUT2D eigenvalue weighted by Crippen LogP contribution is -2.60. The number of aliphatic hydroxyl groups excluding tert-OH is 5. The first kappa shape index (κ1) is 20.5. The van der Waals surface area contributed by atoms with E-state index in [0.29, 0.717) is 0 Å². The Balaban J connectivity index is 1.85. The van der Waals surface area contributed by atoms with Crippen molar-refractivity contribution in [3.8, 4) is 0 Å². The first-order valence-corrected chi connectivity index (χ1v) is 8.92. The summed E-state index contributed by atoms with van der Waals surface area (Å²) in [6.07, 6.45) is -8.80. The molecule has 2 heterocycles. The predicted molar refractivity (Wildman–Crippen MR) is 86.8 cm³/mol. The second kappa shape index (κ2) is 7.63. The van der Waals surface area contributed by atoms with Gasteiger partial charge in [-0.25, -0.2) is 4.79 Å². The fourth-order valence-corrected chi connectivity index (χ4v) is 4.32. The highest BCUT2D eigenvalue weighted by molar-refractivity contribution is 5.88. The Bertz CT molecular complexity index is 605. The molecule has 154 valence electrons. The molecular formula is C17H26O10. The van der Waals surface area contributed by atoms with E-state index in [1.165, 1.54) is 6.92 Å². The largest absolute Gasteiger partial charge is 0.478 e. The molecule has 0 aromatic carbocycles. The number of fused-ring (bicyclic) bond motifs is 1. The molecule has 0 aromatic heterocycles. The average molecular weight is 390 g/mol. The van der Waals surface area contributed by atoms with Crippen molar-refractivity contribution in [1.82, 2.24) is 0 Å². The van der Waals surface area contributed by atoms with Crippen molar-refractivity contribution in [3.05, 3.63) is 11.3 Å². The van der Waals surface area contributed by atoms with Gasteiger partial charge < -0.3 is 44.8 Å². The fraction of sp³-hybridized carbons (Fsp3) is 0.824. The van der Waals surface area contributed by atoms with Gasteiger partial charge in [0.15, 0.2) is 6.29 Å². The normalized spacial score (nSPS) is 47.5. The molecule has 2 fully saturated rings. The van der Waals surface area contributed by atoms with Crippen LogP contribution in [0.1, 0.15) is 20.3 Å². The molecule has 10 nitrogen and oxygen atoms in total. The summed E-state index contributed by atoms with van der Waals surface area (Å²) in [5, 5.41) is 58.9. The first-order chi connectivity index (χ1) is 12.7. The zero-order chi connectivity index (χ0) is 20.0. The van der Waals surface area contributed by atoms with Gasteiger partial charge in [-0.05, 0) is 19.3 Å². The molecule has 3 rings (SSSR count). The predicted octanol–water partition coefficient (Wildman–Crippen LogP) is -1.85. The van der Waals surface area contributed by atoms with Gasteiger partial charge >= 0.3 is 5.97 Å². The van der Waals surface area contributed by atoms with Crippen LogP contribution in [0.2, 0.25) is 0 Å². The summed E-state index contributed by atoms with van der Waals surface area (Å²) in [5.41, 5.74) is 0.0806. The van der Waals surface area contributed by atoms with Crippen molar-refractivity contribution in [2.45, 2.75) is 63.4 Å². The van der Waals surface area contributed by atoms with E-state index in [1.54, 1.807) is 6.92 Å². The maximum atomic E-state index is 11.6. The highest BCUT2D eigenvalue weighted by Gasteiger charge is 2.54. The summed E-state index contributed by atoms with van der Waals surface area (Å²) in [4.78, 5) is 11.6. The van der Waals surface area contributed by atoms with Gasteiger partial charge in [0.2, 0.25) is 6.29 Å². The second-order valence-corrected chi connectivity index (χ2v) is 7.44. The summed E-state index contributed by atoms with van der Waals surface area (Å²) in [5.74, 6) is -2.35. The number of carboxylic acids is 1.